The molecule has 0 aromatic carbocycles. The highest BCUT2D eigenvalue weighted by Gasteiger charge is 2.41. The maximum atomic E-state index is 6.53. The summed E-state index contributed by atoms with van der Waals surface area (Å²) in [6, 6.07) is 2.65. The Morgan fingerprint density at radius 1 is 1.15 bits per heavy atom. The molecule has 2 aliphatic rings. The van der Waals surface area contributed by atoms with Gasteiger partial charge in [-0.3, -0.25) is 0 Å². The molecule has 6 heteroatoms. The molecule has 0 aliphatic heterocycles. The highest BCUT2D eigenvalue weighted by Crippen LogP contribution is 2.51. The van der Waals surface area contributed by atoms with Crippen molar-refractivity contribution in [3.8, 4) is 11.4 Å². The summed E-state index contributed by atoms with van der Waals surface area (Å²) < 4.78 is 2.32. The van der Waals surface area contributed by atoms with E-state index in [1.807, 2.05) is 25.5 Å². The van der Waals surface area contributed by atoms with E-state index in [4.69, 9.17) is 16.6 Å². The lowest BCUT2D eigenvalue weighted by atomic mass is 9.95. The second-order valence-corrected chi connectivity index (χ2v) is 8.58. The van der Waals surface area contributed by atoms with Gasteiger partial charge in [-0.1, -0.05) is 18.0 Å². The van der Waals surface area contributed by atoms with Crippen molar-refractivity contribution in [3.05, 3.63) is 41.4 Å². The second-order valence-electron chi connectivity index (χ2n) is 8.17. The van der Waals surface area contributed by atoms with Crippen LogP contribution < -0.4 is 0 Å². The van der Waals surface area contributed by atoms with Gasteiger partial charge < -0.3 is 9.55 Å². The van der Waals surface area contributed by atoms with E-state index < -0.39 is 0 Å². The van der Waals surface area contributed by atoms with Crippen molar-refractivity contribution in [1.82, 2.24) is 24.5 Å². The minimum atomic E-state index is 0.522. The fraction of sp³-hybridized carbons (Fsp3) is 0.381. The molecule has 27 heavy (non-hydrogen) atoms. The number of aromatic amines is 1. The maximum absolute atomic E-state index is 6.53. The zero-order chi connectivity index (χ0) is 18.1. The topological polar surface area (TPSA) is 59.4 Å². The van der Waals surface area contributed by atoms with Gasteiger partial charge in [0, 0.05) is 41.8 Å². The molecule has 0 radical (unpaired) electrons. The summed E-state index contributed by atoms with van der Waals surface area (Å²) in [5.41, 5.74) is 3.93. The van der Waals surface area contributed by atoms with Gasteiger partial charge in [-0.05, 0) is 49.7 Å². The molecule has 4 aromatic rings. The molecule has 2 fully saturated rings. The molecule has 5 nitrogen and oxygen atoms in total. The zero-order valence-electron chi connectivity index (χ0n) is 15.1. The number of halogens is 1. The average Bonchev–Trinajstić information content (AvgIpc) is 3.44. The Kier molecular flexibility index (Phi) is 3.21. The molecule has 4 aromatic heterocycles. The van der Waals surface area contributed by atoms with Crippen LogP contribution in [-0.4, -0.2) is 24.5 Å². The minimum Gasteiger partial charge on any atom is -0.345 e. The van der Waals surface area contributed by atoms with Gasteiger partial charge in [-0.2, -0.15) is 0 Å². The Hall–Kier alpha value is -2.40. The number of rotatable bonds is 2. The van der Waals surface area contributed by atoms with E-state index in [-0.39, 0.29) is 0 Å². The third kappa shape index (κ3) is 2.27. The number of fused-ring (bicyclic) bond motifs is 4. The van der Waals surface area contributed by atoms with Crippen molar-refractivity contribution in [1.29, 1.82) is 0 Å². The normalized spacial score (nSPS) is 24.4. The van der Waals surface area contributed by atoms with E-state index in [1.54, 1.807) is 0 Å². The molecular formula is C21H20ClN5. The van der Waals surface area contributed by atoms with Crippen LogP contribution in [0, 0.1) is 18.8 Å². The highest BCUT2D eigenvalue weighted by molar-refractivity contribution is 6.35. The van der Waals surface area contributed by atoms with Gasteiger partial charge >= 0.3 is 0 Å². The number of aryl methyl sites for hydroxylation is 1. The number of nitrogens with one attached hydrogen (secondary N) is 1. The minimum absolute atomic E-state index is 0.522. The van der Waals surface area contributed by atoms with Gasteiger partial charge in [0.25, 0.3) is 0 Å². The average molecular weight is 378 g/mol. The Morgan fingerprint density at radius 2 is 2.07 bits per heavy atom. The molecule has 3 unspecified atom stereocenters. The van der Waals surface area contributed by atoms with Gasteiger partial charge in [0.15, 0.2) is 5.82 Å². The first-order valence-corrected chi connectivity index (χ1v) is 10.0. The second kappa shape index (κ2) is 5.55. The summed E-state index contributed by atoms with van der Waals surface area (Å²) in [5.74, 6) is 2.36. The molecule has 0 saturated heterocycles. The molecule has 2 saturated carbocycles. The highest BCUT2D eigenvalue weighted by atomic mass is 35.5. The predicted octanol–water partition coefficient (Wildman–Crippen LogP) is 5.30. The molecule has 3 atom stereocenters. The van der Waals surface area contributed by atoms with Crippen molar-refractivity contribution in [2.45, 2.75) is 38.6 Å². The Labute approximate surface area is 161 Å². The molecule has 2 bridgehead atoms. The van der Waals surface area contributed by atoms with Crippen molar-refractivity contribution in [2.75, 3.05) is 0 Å². The lowest BCUT2D eigenvalue weighted by Gasteiger charge is -2.23. The Bertz CT molecular complexity index is 1190. The van der Waals surface area contributed by atoms with Crippen molar-refractivity contribution in [3.63, 3.8) is 0 Å². The number of pyridine rings is 1. The number of nitrogens with zero attached hydrogens (tertiary/aromatic N) is 4. The summed E-state index contributed by atoms with van der Waals surface area (Å²) >= 11 is 6.53. The van der Waals surface area contributed by atoms with Gasteiger partial charge in [-0.25, -0.2) is 15.0 Å². The summed E-state index contributed by atoms with van der Waals surface area (Å²) in [4.78, 5) is 17.3. The number of hydrogen-bond donors (Lipinski definition) is 1. The van der Waals surface area contributed by atoms with E-state index in [1.165, 1.54) is 25.7 Å². The fourth-order valence-corrected chi connectivity index (χ4v) is 5.46. The lowest BCUT2D eigenvalue weighted by molar-refractivity contribution is 0.336. The molecule has 0 amide bonds. The zero-order valence-corrected chi connectivity index (χ0v) is 15.9. The van der Waals surface area contributed by atoms with Crippen LogP contribution in [0.2, 0.25) is 5.02 Å². The van der Waals surface area contributed by atoms with E-state index in [0.717, 1.165) is 55.9 Å². The SMILES string of the molecule is Cc1cnc2[nH]cc(-c3ncc4c(Cl)cn(C5CC6CCC5C6)c4n3)c2c1. The maximum Gasteiger partial charge on any atom is 0.163 e. The van der Waals surface area contributed by atoms with Crippen LogP contribution in [0.4, 0.5) is 0 Å². The Balaban J connectivity index is 1.53. The summed E-state index contributed by atoms with van der Waals surface area (Å²) in [6.45, 7) is 2.05. The van der Waals surface area contributed by atoms with Crippen LogP contribution in [0.25, 0.3) is 33.5 Å². The van der Waals surface area contributed by atoms with Crippen molar-refractivity contribution < 1.29 is 0 Å². The molecule has 4 heterocycles. The smallest absolute Gasteiger partial charge is 0.163 e. The van der Waals surface area contributed by atoms with E-state index in [0.29, 0.717) is 6.04 Å². The van der Waals surface area contributed by atoms with Crippen molar-refractivity contribution in [2.24, 2.45) is 11.8 Å². The summed E-state index contributed by atoms with van der Waals surface area (Å²) in [5, 5.41) is 2.74. The first-order valence-electron chi connectivity index (χ1n) is 9.64. The van der Waals surface area contributed by atoms with Crippen LogP contribution in [0.5, 0.6) is 0 Å². The van der Waals surface area contributed by atoms with Crippen molar-refractivity contribution >= 4 is 33.7 Å². The largest absolute Gasteiger partial charge is 0.345 e. The first kappa shape index (κ1) is 15.6. The van der Waals surface area contributed by atoms with Gasteiger partial charge in [-0.15, -0.1) is 0 Å². The first-order chi connectivity index (χ1) is 13.2. The van der Waals surface area contributed by atoms with Gasteiger partial charge in [0.1, 0.15) is 11.3 Å². The van der Waals surface area contributed by atoms with E-state index in [2.05, 4.69) is 31.8 Å². The van der Waals surface area contributed by atoms with Gasteiger partial charge in [0.05, 0.1) is 10.4 Å². The van der Waals surface area contributed by atoms with E-state index >= 15 is 0 Å². The Morgan fingerprint density at radius 3 is 2.89 bits per heavy atom. The van der Waals surface area contributed by atoms with Crippen LogP contribution >= 0.6 is 11.6 Å². The molecule has 0 spiro atoms. The summed E-state index contributed by atoms with van der Waals surface area (Å²) in [6.07, 6.45) is 13.1. The third-order valence-electron chi connectivity index (χ3n) is 6.49. The summed E-state index contributed by atoms with van der Waals surface area (Å²) in [7, 11) is 0. The molecule has 2 aliphatic carbocycles. The quantitative estimate of drug-likeness (QED) is 0.515. The number of H-pyrrole nitrogens is 1. The molecule has 136 valence electrons. The van der Waals surface area contributed by atoms with Crippen LogP contribution in [-0.2, 0) is 0 Å². The lowest BCUT2D eigenvalue weighted by Crippen LogP contribution is -2.15. The van der Waals surface area contributed by atoms with Gasteiger partial charge in [0.2, 0.25) is 0 Å². The van der Waals surface area contributed by atoms with Crippen LogP contribution in [0.3, 0.4) is 0 Å². The predicted molar refractivity (Wildman–Crippen MR) is 107 cm³/mol. The van der Waals surface area contributed by atoms with Crippen LogP contribution in [0.1, 0.15) is 37.3 Å². The fourth-order valence-electron chi connectivity index (χ4n) is 5.22. The molecule has 6 rings (SSSR count). The van der Waals surface area contributed by atoms with E-state index in [9.17, 15) is 0 Å². The third-order valence-corrected chi connectivity index (χ3v) is 6.79. The number of hydrogen-bond acceptors (Lipinski definition) is 3. The standard InChI is InChI=1S/C21H20ClN5/c1-11-4-14-15(8-24-19(14)23-7-11)20-25-9-16-17(22)10-27(21(16)26-20)18-6-12-2-3-13(18)5-12/h4,7-10,12-13,18H,2-3,5-6H2,1H3,(H,23,24). The van der Waals surface area contributed by atoms with Crippen LogP contribution in [0.15, 0.2) is 30.9 Å². The monoisotopic (exact) mass is 377 g/mol. The number of aromatic nitrogens is 5. The molecule has 1 N–H and O–H groups in total. The molecular weight excluding hydrogens is 358 g/mol.